The second-order valence-corrected chi connectivity index (χ2v) is 8.39. The first kappa shape index (κ1) is 21.9. The van der Waals surface area contributed by atoms with Gasteiger partial charge in [-0.1, -0.05) is 12.1 Å². The summed E-state index contributed by atoms with van der Waals surface area (Å²) in [5.74, 6) is 1.47. The van der Waals surface area contributed by atoms with E-state index in [-0.39, 0.29) is 25.7 Å². The molecule has 0 radical (unpaired) electrons. The molecule has 0 saturated carbocycles. The number of fused-ring (bicyclic) bond motifs is 1. The molecule has 4 amide bonds. The fraction of sp³-hybridized carbons (Fsp3) is 0.375. The predicted octanol–water partition coefficient (Wildman–Crippen LogP) is 1.58. The highest BCUT2D eigenvalue weighted by Gasteiger charge is 2.40. The van der Waals surface area contributed by atoms with Crippen LogP contribution >= 0.6 is 0 Å². The molecule has 10 nitrogen and oxygen atoms in total. The van der Waals surface area contributed by atoms with Crippen molar-refractivity contribution in [2.45, 2.75) is 19.0 Å². The maximum Gasteiger partial charge on any atom is 0.325 e. The Bertz CT molecular complexity index is 1110. The molecule has 1 atom stereocenters. The minimum atomic E-state index is -0.856. The summed E-state index contributed by atoms with van der Waals surface area (Å²) in [5, 5.41) is 2.65. The van der Waals surface area contributed by atoms with Gasteiger partial charge < -0.3 is 29.3 Å². The van der Waals surface area contributed by atoms with Crippen molar-refractivity contribution in [2.24, 2.45) is 0 Å². The third kappa shape index (κ3) is 4.30. The van der Waals surface area contributed by atoms with Crippen LogP contribution in [0, 0.1) is 0 Å². The molecule has 3 heterocycles. The topological polar surface area (TPSA) is 101 Å². The Morgan fingerprint density at radius 2 is 1.85 bits per heavy atom. The van der Waals surface area contributed by atoms with Crippen LogP contribution in [-0.4, -0.2) is 73.8 Å². The molecule has 3 aliphatic rings. The molecule has 0 bridgehead atoms. The van der Waals surface area contributed by atoms with E-state index in [9.17, 15) is 14.4 Å². The van der Waals surface area contributed by atoms with E-state index in [1.54, 1.807) is 30.2 Å². The SMILES string of the molecule is COc1cccc(N2CCN(C(=O)C[C@@H]3NC(=O)N(Cc4ccc5c(c4)OCO5)C3=O)CC2)c1. The molecule has 2 aromatic carbocycles. The molecule has 34 heavy (non-hydrogen) atoms. The van der Waals surface area contributed by atoms with E-state index in [2.05, 4.69) is 10.2 Å². The lowest BCUT2D eigenvalue weighted by molar-refractivity contribution is -0.136. The molecule has 2 aromatic rings. The van der Waals surface area contributed by atoms with E-state index in [1.165, 1.54) is 0 Å². The monoisotopic (exact) mass is 466 g/mol. The summed E-state index contributed by atoms with van der Waals surface area (Å²) in [6.45, 7) is 2.71. The number of ether oxygens (including phenoxy) is 3. The minimum Gasteiger partial charge on any atom is -0.497 e. The number of urea groups is 1. The number of amides is 4. The number of hydrogen-bond acceptors (Lipinski definition) is 7. The lowest BCUT2D eigenvalue weighted by atomic mass is 10.1. The second kappa shape index (κ2) is 9.12. The number of piperazine rings is 1. The van der Waals surface area contributed by atoms with Crippen molar-refractivity contribution in [1.29, 1.82) is 0 Å². The number of carbonyl (C=O) groups excluding carboxylic acids is 3. The summed E-state index contributed by atoms with van der Waals surface area (Å²) in [7, 11) is 1.63. The first-order chi connectivity index (χ1) is 16.5. The average Bonchev–Trinajstić information content (AvgIpc) is 3.43. The van der Waals surface area contributed by atoms with Crippen molar-refractivity contribution >= 4 is 23.5 Å². The molecule has 5 rings (SSSR count). The summed E-state index contributed by atoms with van der Waals surface area (Å²) in [6.07, 6.45) is -0.0542. The first-order valence-electron chi connectivity index (χ1n) is 11.2. The van der Waals surface area contributed by atoms with Crippen LogP contribution in [0.25, 0.3) is 0 Å². The third-order valence-corrected chi connectivity index (χ3v) is 6.31. The molecule has 0 unspecified atom stereocenters. The molecule has 178 valence electrons. The summed E-state index contributed by atoms with van der Waals surface area (Å²) < 4.78 is 15.9. The van der Waals surface area contributed by atoms with Crippen molar-refractivity contribution in [2.75, 3.05) is 45.0 Å². The van der Waals surface area contributed by atoms with E-state index in [1.807, 2.05) is 24.3 Å². The fourth-order valence-corrected chi connectivity index (χ4v) is 4.41. The van der Waals surface area contributed by atoms with Gasteiger partial charge in [0, 0.05) is 37.9 Å². The summed E-state index contributed by atoms with van der Waals surface area (Å²) in [5.41, 5.74) is 1.79. The van der Waals surface area contributed by atoms with E-state index in [0.717, 1.165) is 21.9 Å². The Morgan fingerprint density at radius 3 is 2.65 bits per heavy atom. The largest absolute Gasteiger partial charge is 0.497 e. The number of methoxy groups -OCH3 is 1. The second-order valence-electron chi connectivity index (χ2n) is 8.39. The summed E-state index contributed by atoms with van der Waals surface area (Å²) in [4.78, 5) is 43.3. The van der Waals surface area contributed by atoms with Gasteiger partial charge >= 0.3 is 6.03 Å². The molecule has 0 spiro atoms. The van der Waals surface area contributed by atoms with Crippen LogP contribution in [0.2, 0.25) is 0 Å². The average molecular weight is 466 g/mol. The predicted molar refractivity (Wildman–Crippen MR) is 122 cm³/mol. The van der Waals surface area contributed by atoms with Gasteiger partial charge in [-0.2, -0.15) is 0 Å². The van der Waals surface area contributed by atoms with E-state index in [0.29, 0.717) is 37.7 Å². The van der Waals surface area contributed by atoms with Crippen molar-refractivity contribution in [3.8, 4) is 17.2 Å². The van der Waals surface area contributed by atoms with Crippen molar-refractivity contribution in [1.82, 2.24) is 15.1 Å². The number of carbonyl (C=O) groups is 3. The number of nitrogens with one attached hydrogen (secondary N) is 1. The van der Waals surface area contributed by atoms with Crippen LogP contribution < -0.4 is 24.4 Å². The Morgan fingerprint density at radius 1 is 1.06 bits per heavy atom. The van der Waals surface area contributed by atoms with E-state index >= 15 is 0 Å². The molecular weight excluding hydrogens is 440 g/mol. The molecule has 0 aromatic heterocycles. The smallest absolute Gasteiger partial charge is 0.325 e. The summed E-state index contributed by atoms with van der Waals surface area (Å²) in [6, 6.07) is 11.8. The maximum atomic E-state index is 12.9. The number of anilines is 1. The summed E-state index contributed by atoms with van der Waals surface area (Å²) >= 11 is 0. The van der Waals surface area contributed by atoms with Gasteiger partial charge in [-0.25, -0.2) is 4.79 Å². The third-order valence-electron chi connectivity index (χ3n) is 6.31. The molecule has 1 N–H and O–H groups in total. The van der Waals surface area contributed by atoms with Gasteiger partial charge in [0.1, 0.15) is 11.8 Å². The van der Waals surface area contributed by atoms with E-state index in [4.69, 9.17) is 14.2 Å². The van der Waals surface area contributed by atoms with Gasteiger partial charge in [-0.15, -0.1) is 0 Å². The standard InChI is InChI=1S/C24H26N4O6/c1-32-18-4-2-3-17(12-18)26-7-9-27(10-8-26)22(29)13-19-23(30)28(24(31)25-19)14-16-5-6-20-21(11-16)34-15-33-20/h2-6,11-12,19H,7-10,13-15H2,1H3,(H,25,31)/t19-/m0/s1. The normalized spacial score (nSPS) is 19.4. The molecule has 3 aliphatic heterocycles. The van der Waals surface area contributed by atoms with Crippen LogP contribution in [0.15, 0.2) is 42.5 Å². The molecule has 0 aliphatic carbocycles. The van der Waals surface area contributed by atoms with Crippen LogP contribution in [0.1, 0.15) is 12.0 Å². The quantitative estimate of drug-likeness (QED) is 0.645. The zero-order chi connectivity index (χ0) is 23.7. The van der Waals surface area contributed by atoms with Crippen LogP contribution in [-0.2, 0) is 16.1 Å². The van der Waals surface area contributed by atoms with Gasteiger partial charge in [0.15, 0.2) is 11.5 Å². The molecular formula is C24H26N4O6. The minimum absolute atomic E-state index is 0.0542. The van der Waals surface area contributed by atoms with Crippen LogP contribution in [0.5, 0.6) is 17.2 Å². The highest BCUT2D eigenvalue weighted by molar-refractivity contribution is 6.05. The number of imide groups is 1. The van der Waals surface area contributed by atoms with Crippen LogP contribution in [0.3, 0.4) is 0 Å². The van der Waals surface area contributed by atoms with Gasteiger partial charge in [0.05, 0.1) is 20.1 Å². The Balaban J connectivity index is 1.15. The highest BCUT2D eigenvalue weighted by atomic mass is 16.7. The Kier molecular flexibility index (Phi) is 5.87. The van der Waals surface area contributed by atoms with Gasteiger partial charge in [-0.05, 0) is 29.8 Å². The first-order valence-corrected chi connectivity index (χ1v) is 11.2. The van der Waals surface area contributed by atoms with Crippen molar-refractivity contribution < 1.29 is 28.6 Å². The molecule has 2 saturated heterocycles. The fourth-order valence-electron chi connectivity index (χ4n) is 4.41. The highest BCUT2D eigenvalue weighted by Crippen LogP contribution is 2.33. The zero-order valence-corrected chi connectivity index (χ0v) is 18.9. The van der Waals surface area contributed by atoms with Crippen LogP contribution in [0.4, 0.5) is 10.5 Å². The molecule has 10 heteroatoms. The Hall–Kier alpha value is -3.95. The van der Waals surface area contributed by atoms with Crippen molar-refractivity contribution in [3.05, 3.63) is 48.0 Å². The number of nitrogens with zero attached hydrogens (tertiary/aromatic N) is 3. The number of benzene rings is 2. The lowest BCUT2D eigenvalue weighted by Gasteiger charge is -2.36. The number of hydrogen-bond donors (Lipinski definition) is 1. The van der Waals surface area contributed by atoms with Gasteiger partial charge in [-0.3, -0.25) is 14.5 Å². The van der Waals surface area contributed by atoms with Crippen molar-refractivity contribution in [3.63, 3.8) is 0 Å². The van der Waals surface area contributed by atoms with Gasteiger partial charge in [0.25, 0.3) is 5.91 Å². The van der Waals surface area contributed by atoms with E-state index < -0.39 is 18.0 Å². The maximum absolute atomic E-state index is 12.9. The lowest BCUT2D eigenvalue weighted by Crippen LogP contribution is -2.50. The Labute approximate surface area is 197 Å². The van der Waals surface area contributed by atoms with Gasteiger partial charge in [0.2, 0.25) is 12.7 Å². The zero-order valence-electron chi connectivity index (χ0n) is 18.9. The number of rotatable bonds is 6. The molecule has 2 fully saturated rings.